The lowest BCUT2D eigenvalue weighted by Crippen LogP contribution is -2.43. The molecule has 1 atom stereocenters. The summed E-state index contributed by atoms with van der Waals surface area (Å²) in [6.45, 7) is 8.59. The minimum absolute atomic E-state index is 0.0941. The van der Waals surface area contributed by atoms with Crippen LogP contribution in [-0.4, -0.2) is 43.8 Å². The summed E-state index contributed by atoms with van der Waals surface area (Å²) in [6, 6.07) is 0.0941. The van der Waals surface area contributed by atoms with Crippen LogP contribution in [0, 0.1) is 5.92 Å². The van der Waals surface area contributed by atoms with E-state index in [2.05, 4.69) is 0 Å². The lowest BCUT2D eigenvalue weighted by atomic mass is 10.1. The van der Waals surface area contributed by atoms with Crippen LogP contribution in [0.1, 0.15) is 34.1 Å². The van der Waals surface area contributed by atoms with E-state index in [4.69, 9.17) is 0 Å². The summed E-state index contributed by atoms with van der Waals surface area (Å²) < 4.78 is 22.2. The zero-order valence-electron chi connectivity index (χ0n) is 10.9. The molecule has 16 heavy (non-hydrogen) atoms. The van der Waals surface area contributed by atoms with Gasteiger partial charge in [-0.05, 0) is 19.3 Å². The first-order valence-electron chi connectivity index (χ1n) is 5.64. The summed E-state index contributed by atoms with van der Waals surface area (Å²) in [4.78, 5) is 13.5. The second kappa shape index (κ2) is 6.23. The Kier molecular flexibility index (Phi) is 6.00. The average Bonchev–Trinajstić information content (AvgIpc) is 2.09. The molecule has 0 saturated heterocycles. The molecule has 0 aromatic heterocycles. The normalized spacial score (nSPS) is 13.9. The fourth-order valence-electron chi connectivity index (χ4n) is 1.45. The molecule has 4 nitrogen and oxygen atoms in total. The van der Waals surface area contributed by atoms with Crippen LogP contribution < -0.4 is 0 Å². The highest BCUT2D eigenvalue weighted by atomic mass is 32.2. The van der Waals surface area contributed by atoms with Crippen LogP contribution in [0.15, 0.2) is 0 Å². The molecule has 0 fully saturated rings. The number of hydrogen-bond donors (Lipinski definition) is 0. The minimum atomic E-state index is -3.24. The van der Waals surface area contributed by atoms with Crippen molar-refractivity contribution in [2.24, 2.45) is 5.92 Å². The van der Waals surface area contributed by atoms with Gasteiger partial charge >= 0.3 is 0 Å². The lowest BCUT2D eigenvalue weighted by Gasteiger charge is -2.30. The molecule has 0 bridgehead atoms. The van der Waals surface area contributed by atoms with Crippen LogP contribution in [0.25, 0.3) is 0 Å². The third-order valence-electron chi connectivity index (χ3n) is 2.39. The zero-order chi connectivity index (χ0) is 12.9. The second-order valence-electron chi connectivity index (χ2n) is 4.77. The highest BCUT2D eigenvalue weighted by Gasteiger charge is 2.22. The van der Waals surface area contributed by atoms with E-state index in [9.17, 15) is 13.2 Å². The molecule has 0 aliphatic heterocycles. The van der Waals surface area contributed by atoms with Gasteiger partial charge in [0.2, 0.25) is 5.91 Å². The van der Waals surface area contributed by atoms with Gasteiger partial charge in [0.05, 0.1) is 0 Å². The first-order chi connectivity index (χ1) is 7.17. The number of sulfone groups is 1. The number of amides is 1. The third-order valence-corrected chi connectivity index (χ3v) is 3.16. The van der Waals surface area contributed by atoms with Gasteiger partial charge in [0.15, 0.2) is 9.84 Å². The first kappa shape index (κ1) is 15.4. The van der Waals surface area contributed by atoms with Crippen molar-refractivity contribution in [3.05, 3.63) is 0 Å². The molecule has 0 aromatic carbocycles. The molecule has 1 amide bonds. The number of nitrogens with zero attached hydrogens (tertiary/aromatic N) is 1. The zero-order valence-corrected chi connectivity index (χ0v) is 11.7. The second-order valence-corrected chi connectivity index (χ2v) is 6.91. The van der Waals surface area contributed by atoms with Gasteiger partial charge in [-0.15, -0.1) is 0 Å². The Morgan fingerprint density at radius 3 is 2.06 bits per heavy atom. The van der Waals surface area contributed by atoms with E-state index < -0.39 is 9.84 Å². The van der Waals surface area contributed by atoms with Crippen LogP contribution in [0.5, 0.6) is 0 Å². The Bertz CT molecular complexity index is 322. The molecule has 0 N–H and O–H groups in total. The van der Waals surface area contributed by atoms with Crippen molar-refractivity contribution in [2.75, 3.05) is 18.6 Å². The van der Waals surface area contributed by atoms with Crippen LogP contribution in [0.4, 0.5) is 0 Å². The largest absolute Gasteiger partial charge is 0.339 e. The van der Waals surface area contributed by atoms with Gasteiger partial charge in [0, 0.05) is 18.8 Å². The standard InChI is InChI=1S/C11H23NO3S/c1-6-10(4)12(7-9(2)3)11(13)8-16(5,14)15/h9-10H,6-8H2,1-5H3. The number of hydrogen-bond acceptors (Lipinski definition) is 3. The van der Waals surface area contributed by atoms with Gasteiger partial charge in [-0.25, -0.2) is 8.42 Å². The summed E-state index contributed by atoms with van der Waals surface area (Å²) in [6.07, 6.45) is 1.93. The van der Waals surface area contributed by atoms with E-state index in [1.54, 1.807) is 4.90 Å². The van der Waals surface area contributed by atoms with E-state index in [0.717, 1.165) is 12.7 Å². The van der Waals surface area contributed by atoms with Crippen LogP contribution in [-0.2, 0) is 14.6 Å². The van der Waals surface area contributed by atoms with Crippen molar-refractivity contribution >= 4 is 15.7 Å². The van der Waals surface area contributed by atoms with Gasteiger partial charge in [-0.2, -0.15) is 0 Å². The number of rotatable bonds is 6. The highest BCUT2D eigenvalue weighted by molar-refractivity contribution is 7.91. The van der Waals surface area contributed by atoms with Crippen molar-refractivity contribution in [2.45, 2.75) is 40.2 Å². The maximum Gasteiger partial charge on any atom is 0.238 e. The molecule has 0 aromatic rings. The van der Waals surface area contributed by atoms with Crippen molar-refractivity contribution in [1.29, 1.82) is 0 Å². The van der Waals surface area contributed by atoms with Crippen LogP contribution >= 0.6 is 0 Å². The lowest BCUT2D eigenvalue weighted by molar-refractivity contribution is -0.131. The number of carbonyl (C=O) groups excluding carboxylic acids is 1. The molecule has 0 heterocycles. The predicted octanol–water partition coefficient (Wildman–Crippen LogP) is 1.31. The quantitative estimate of drug-likeness (QED) is 0.713. The average molecular weight is 249 g/mol. The molecule has 96 valence electrons. The molecular weight excluding hydrogens is 226 g/mol. The van der Waals surface area contributed by atoms with Gasteiger partial charge < -0.3 is 4.90 Å². The Morgan fingerprint density at radius 1 is 1.25 bits per heavy atom. The summed E-state index contributed by atoms with van der Waals surface area (Å²) in [5.41, 5.74) is 0. The molecule has 0 aliphatic carbocycles. The fraction of sp³-hybridized carbons (Fsp3) is 0.909. The van der Waals surface area contributed by atoms with E-state index in [1.165, 1.54) is 0 Å². The highest BCUT2D eigenvalue weighted by Crippen LogP contribution is 2.09. The summed E-state index contributed by atoms with van der Waals surface area (Å²) in [5, 5.41) is 0. The first-order valence-corrected chi connectivity index (χ1v) is 7.70. The smallest absolute Gasteiger partial charge is 0.238 e. The van der Waals surface area contributed by atoms with Gasteiger partial charge in [0.1, 0.15) is 5.75 Å². The molecular formula is C11H23NO3S. The van der Waals surface area contributed by atoms with E-state index in [1.807, 2.05) is 27.7 Å². The summed E-state index contributed by atoms with van der Waals surface area (Å²) in [7, 11) is -3.24. The molecule has 0 aliphatic rings. The maximum absolute atomic E-state index is 11.8. The molecule has 5 heteroatoms. The predicted molar refractivity (Wildman–Crippen MR) is 66.0 cm³/mol. The maximum atomic E-state index is 11.8. The summed E-state index contributed by atoms with van der Waals surface area (Å²) in [5.74, 6) is -0.326. The minimum Gasteiger partial charge on any atom is -0.339 e. The van der Waals surface area contributed by atoms with Crippen molar-refractivity contribution in [3.63, 3.8) is 0 Å². The van der Waals surface area contributed by atoms with Gasteiger partial charge in [-0.1, -0.05) is 20.8 Å². The molecule has 0 radical (unpaired) electrons. The van der Waals surface area contributed by atoms with Crippen LogP contribution in [0.2, 0.25) is 0 Å². The van der Waals surface area contributed by atoms with E-state index in [-0.39, 0.29) is 17.7 Å². The van der Waals surface area contributed by atoms with Crippen molar-refractivity contribution in [3.8, 4) is 0 Å². The third kappa shape index (κ3) is 6.10. The molecule has 0 spiro atoms. The fourth-order valence-corrected chi connectivity index (χ4v) is 2.06. The van der Waals surface area contributed by atoms with Crippen molar-refractivity contribution in [1.82, 2.24) is 4.90 Å². The van der Waals surface area contributed by atoms with Crippen molar-refractivity contribution < 1.29 is 13.2 Å². The van der Waals surface area contributed by atoms with E-state index >= 15 is 0 Å². The Balaban J connectivity index is 4.69. The topological polar surface area (TPSA) is 54.5 Å². The van der Waals surface area contributed by atoms with Crippen LogP contribution in [0.3, 0.4) is 0 Å². The Morgan fingerprint density at radius 2 is 1.75 bits per heavy atom. The van der Waals surface area contributed by atoms with E-state index in [0.29, 0.717) is 12.5 Å². The molecule has 0 rings (SSSR count). The monoisotopic (exact) mass is 249 g/mol. The van der Waals surface area contributed by atoms with Gasteiger partial charge in [-0.3, -0.25) is 4.79 Å². The Hall–Kier alpha value is -0.580. The molecule has 1 unspecified atom stereocenters. The molecule has 0 saturated carbocycles. The number of carbonyl (C=O) groups is 1. The summed E-state index contributed by atoms with van der Waals surface area (Å²) >= 11 is 0. The van der Waals surface area contributed by atoms with Gasteiger partial charge in [0.25, 0.3) is 0 Å². The SMILES string of the molecule is CCC(C)N(CC(C)C)C(=O)CS(C)(=O)=O. The Labute approximate surface area is 98.9 Å².